The number of hydrogen-bond acceptors (Lipinski definition) is 4. The summed E-state index contributed by atoms with van der Waals surface area (Å²) in [5.41, 5.74) is 0.967. The molecule has 4 heteroatoms. The fourth-order valence-electron chi connectivity index (χ4n) is 1.39. The van der Waals surface area contributed by atoms with Crippen LogP contribution >= 0.6 is 0 Å². The maximum Gasteiger partial charge on any atom is 0.162 e. The van der Waals surface area contributed by atoms with Gasteiger partial charge in [-0.1, -0.05) is 12.1 Å². The van der Waals surface area contributed by atoms with Crippen LogP contribution in [0.3, 0.4) is 0 Å². The second kappa shape index (κ2) is 5.46. The molecule has 1 N–H and O–H groups in total. The summed E-state index contributed by atoms with van der Waals surface area (Å²) in [6, 6.07) is 2.68. The topological polar surface area (TPSA) is 47.3 Å². The molecule has 1 aromatic rings. The lowest BCUT2D eigenvalue weighted by Crippen LogP contribution is -2.15. The highest BCUT2D eigenvalue weighted by Gasteiger charge is 2.20. The van der Waals surface area contributed by atoms with Gasteiger partial charge in [-0.05, 0) is 26.2 Å². The summed E-state index contributed by atoms with van der Waals surface area (Å²) in [7, 11) is 0. The SMILES string of the molecule is CCC(C)OCc1cc(CNC2CC2)no1. The average molecular weight is 224 g/mol. The maximum absolute atomic E-state index is 5.57. The van der Waals surface area contributed by atoms with Crippen molar-refractivity contribution in [1.29, 1.82) is 0 Å². The molecule has 0 amide bonds. The molecule has 0 spiro atoms. The molecule has 1 heterocycles. The van der Waals surface area contributed by atoms with Crippen LogP contribution < -0.4 is 5.32 Å². The monoisotopic (exact) mass is 224 g/mol. The molecule has 90 valence electrons. The number of ether oxygens (including phenoxy) is 1. The van der Waals surface area contributed by atoms with Gasteiger partial charge in [0.2, 0.25) is 0 Å². The molecule has 0 bridgehead atoms. The van der Waals surface area contributed by atoms with Crippen molar-refractivity contribution in [2.24, 2.45) is 0 Å². The minimum atomic E-state index is 0.276. The van der Waals surface area contributed by atoms with Crippen molar-refractivity contribution in [3.8, 4) is 0 Å². The van der Waals surface area contributed by atoms with Crippen LogP contribution in [0.4, 0.5) is 0 Å². The molecule has 0 aliphatic heterocycles. The number of nitrogens with one attached hydrogen (secondary N) is 1. The highest BCUT2D eigenvalue weighted by atomic mass is 16.5. The Hall–Kier alpha value is -0.870. The van der Waals surface area contributed by atoms with Gasteiger partial charge in [0.25, 0.3) is 0 Å². The second-order valence-corrected chi connectivity index (χ2v) is 4.47. The summed E-state index contributed by atoms with van der Waals surface area (Å²) >= 11 is 0. The van der Waals surface area contributed by atoms with E-state index < -0.39 is 0 Å². The molecule has 0 aromatic carbocycles. The molecule has 1 fully saturated rings. The molecule has 1 unspecified atom stereocenters. The van der Waals surface area contributed by atoms with E-state index in [1.807, 2.05) is 6.07 Å². The van der Waals surface area contributed by atoms with E-state index in [9.17, 15) is 0 Å². The quantitative estimate of drug-likeness (QED) is 0.771. The smallest absolute Gasteiger partial charge is 0.162 e. The van der Waals surface area contributed by atoms with Crippen molar-refractivity contribution in [1.82, 2.24) is 10.5 Å². The molecule has 1 atom stereocenters. The average Bonchev–Trinajstić information content (AvgIpc) is 3.02. The zero-order valence-electron chi connectivity index (χ0n) is 10.0. The molecule has 2 rings (SSSR count). The summed E-state index contributed by atoms with van der Waals surface area (Å²) in [6.07, 6.45) is 3.88. The van der Waals surface area contributed by atoms with Gasteiger partial charge in [-0.25, -0.2) is 0 Å². The van der Waals surface area contributed by atoms with Gasteiger partial charge in [0.1, 0.15) is 6.61 Å². The largest absolute Gasteiger partial charge is 0.370 e. The van der Waals surface area contributed by atoms with Crippen molar-refractivity contribution >= 4 is 0 Å². The third-order valence-corrected chi connectivity index (χ3v) is 2.84. The molecule has 1 saturated carbocycles. The molecule has 0 saturated heterocycles. The predicted octanol–water partition coefficient (Wildman–Crippen LogP) is 2.24. The molecule has 4 nitrogen and oxygen atoms in total. The van der Waals surface area contributed by atoms with E-state index in [0.717, 1.165) is 24.4 Å². The Morgan fingerprint density at radius 2 is 2.44 bits per heavy atom. The Morgan fingerprint density at radius 3 is 3.12 bits per heavy atom. The summed E-state index contributed by atoms with van der Waals surface area (Å²) in [4.78, 5) is 0. The van der Waals surface area contributed by atoms with Gasteiger partial charge in [-0.3, -0.25) is 0 Å². The minimum absolute atomic E-state index is 0.276. The van der Waals surface area contributed by atoms with Gasteiger partial charge in [0.15, 0.2) is 5.76 Å². The van der Waals surface area contributed by atoms with Crippen LogP contribution in [0.15, 0.2) is 10.6 Å². The molecule has 16 heavy (non-hydrogen) atoms. The second-order valence-electron chi connectivity index (χ2n) is 4.47. The maximum atomic E-state index is 5.57. The molecule has 0 radical (unpaired) electrons. The van der Waals surface area contributed by atoms with Gasteiger partial charge in [0, 0.05) is 18.7 Å². The normalized spacial score (nSPS) is 17.6. The number of nitrogens with zero attached hydrogens (tertiary/aromatic N) is 1. The van der Waals surface area contributed by atoms with E-state index >= 15 is 0 Å². The summed E-state index contributed by atoms with van der Waals surface area (Å²) in [5.74, 6) is 0.813. The summed E-state index contributed by atoms with van der Waals surface area (Å²) in [6.45, 7) is 5.49. The Kier molecular flexibility index (Phi) is 3.96. The minimum Gasteiger partial charge on any atom is -0.370 e. The van der Waals surface area contributed by atoms with Crippen molar-refractivity contribution in [2.45, 2.75) is 58.4 Å². The Morgan fingerprint density at radius 1 is 1.62 bits per heavy atom. The van der Waals surface area contributed by atoms with Gasteiger partial charge in [-0.15, -0.1) is 0 Å². The standard InChI is InChI=1S/C12H20N2O2/c1-3-9(2)15-8-12-6-11(14-16-12)7-13-10-4-5-10/h6,9-10,13H,3-5,7-8H2,1-2H3. The van der Waals surface area contributed by atoms with Crippen molar-refractivity contribution in [2.75, 3.05) is 0 Å². The lowest BCUT2D eigenvalue weighted by Gasteiger charge is -2.07. The fourth-order valence-corrected chi connectivity index (χ4v) is 1.39. The third-order valence-electron chi connectivity index (χ3n) is 2.84. The van der Waals surface area contributed by atoms with Crippen LogP contribution in [0.5, 0.6) is 0 Å². The molecule has 1 aliphatic carbocycles. The van der Waals surface area contributed by atoms with E-state index in [1.54, 1.807) is 0 Å². The Labute approximate surface area is 96.3 Å². The first-order valence-corrected chi connectivity index (χ1v) is 6.07. The van der Waals surface area contributed by atoms with Crippen molar-refractivity contribution in [3.05, 3.63) is 17.5 Å². The van der Waals surface area contributed by atoms with E-state index in [4.69, 9.17) is 9.26 Å². The molecular formula is C12H20N2O2. The summed E-state index contributed by atoms with van der Waals surface area (Å²) < 4.78 is 10.8. The van der Waals surface area contributed by atoms with Crippen LogP contribution in [-0.4, -0.2) is 17.3 Å². The van der Waals surface area contributed by atoms with E-state index in [1.165, 1.54) is 12.8 Å². The first kappa shape index (κ1) is 11.6. The lowest BCUT2D eigenvalue weighted by molar-refractivity contribution is 0.0377. The highest BCUT2D eigenvalue weighted by Crippen LogP contribution is 2.19. The molecule has 1 aromatic heterocycles. The Bertz CT molecular complexity index is 321. The van der Waals surface area contributed by atoms with Gasteiger partial charge >= 0.3 is 0 Å². The number of hydrogen-bond donors (Lipinski definition) is 1. The van der Waals surface area contributed by atoms with Crippen LogP contribution in [0.1, 0.15) is 44.6 Å². The van der Waals surface area contributed by atoms with Crippen molar-refractivity contribution < 1.29 is 9.26 Å². The first-order valence-electron chi connectivity index (χ1n) is 6.07. The van der Waals surface area contributed by atoms with Crippen LogP contribution in [0.2, 0.25) is 0 Å². The fraction of sp³-hybridized carbons (Fsp3) is 0.750. The predicted molar refractivity (Wildman–Crippen MR) is 60.9 cm³/mol. The first-order chi connectivity index (χ1) is 7.78. The van der Waals surface area contributed by atoms with E-state index in [0.29, 0.717) is 12.6 Å². The lowest BCUT2D eigenvalue weighted by atomic mass is 10.3. The van der Waals surface area contributed by atoms with Crippen LogP contribution in [-0.2, 0) is 17.9 Å². The highest BCUT2D eigenvalue weighted by molar-refractivity contribution is 5.04. The van der Waals surface area contributed by atoms with E-state index in [2.05, 4.69) is 24.3 Å². The zero-order chi connectivity index (χ0) is 11.4. The summed E-state index contributed by atoms with van der Waals surface area (Å²) in [5, 5.41) is 7.40. The molecular weight excluding hydrogens is 204 g/mol. The van der Waals surface area contributed by atoms with Gasteiger partial charge in [-0.2, -0.15) is 0 Å². The van der Waals surface area contributed by atoms with Gasteiger partial charge < -0.3 is 14.6 Å². The molecule has 1 aliphatic rings. The van der Waals surface area contributed by atoms with E-state index in [-0.39, 0.29) is 6.10 Å². The zero-order valence-corrected chi connectivity index (χ0v) is 10.0. The Balaban J connectivity index is 1.72. The van der Waals surface area contributed by atoms with Crippen LogP contribution in [0, 0.1) is 0 Å². The van der Waals surface area contributed by atoms with Crippen LogP contribution in [0.25, 0.3) is 0 Å². The van der Waals surface area contributed by atoms with Gasteiger partial charge in [0.05, 0.1) is 11.8 Å². The number of rotatable bonds is 7. The van der Waals surface area contributed by atoms with Crippen molar-refractivity contribution in [3.63, 3.8) is 0 Å². The third kappa shape index (κ3) is 3.61. The number of aromatic nitrogens is 1.